The molecule has 0 bridgehead atoms. The molecule has 8 heteroatoms. The fourth-order valence-electron chi connectivity index (χ4n) is 0. The first-order valence-corrected chi connectivity index (χ1v) is 2.19. The Morgan fingerprint density at radius 3 is 1.00 bits per heavy atom. The van der Waals surface area contributed by atoms with Crippen molar-refractivity contribution in [2.24, 2.45) is 0 Å². The van der Waals surface area contributed by atoms with E-state index in [-0.39, 0.29) is 40.2 Å². The van der Waals surface area contributed by atoms with Crippen molar-refractivity contribution in [3.63, 3.8) is 0 Å². The van der Waals surface area contributed by atoms with E-state index in [0.29, 0.717) is 0 Å². The van der Waals surface area contributed by atoms with E-state index in [2.05, 4.69) is 0 Å². The third-order valence-corrected chi connectivity index (χ3v) is 0. The van der Waals surface area contributed by atoms with Crippen LogP contribution in [0.5, 0.6) is 0 Å². The molecule has 0 unspecified atom stereocenters. The molecule has 0 aromatic heterocycles. The molecule has 8 heavy (non-hydrogen) atoms. The molecule has 5 nitrogen and oxygen atoms in total. The molecule has 0 atom stereocenters. The average molecular weight is 166 g/mol. The first-order chi connectivity index (χ1) is 2.00. The summed E-state index contributed by atoms with van der Waals surface area (Å²) >= 11 is 0. The SMILES string of the molecule is O=P([O-])([O-])[O-].[Al+3].[Al+3].[OH-]. The Labute approximate surface area is 67.5 Å². The van der Waals surface area contributed by atoms with Gasteiger partial charge in [-0.25, -0.2) is 0 Å². The number of hydrogen-bond acceptors (Lipinski definition) is 5. The van der Waals surface area contributed by atoms with Crippen LogP contribution in [-0.2, 0) is 4.57 Å². The van der Waals surface area contributed by atoms with Gasteiger partial charge < -0.3 is 24.7 Å². The molecule has 0 fully saturated rings. The predicted octanol–water partition coefficient (Wildman–Crippen LogP) is -3.76. The third-order valence-electron chi connectivity index (χ3n) is 0. The van der Waals surface area contributed by atoms with E-state index < -0.39 is 7.82 Å². The van der Waals surface area contributed by atoms with Gasteiger partial charge >= 0.3 is 34.7 Å². The van der Waals surface area contributed by atoms with Gasteiger partial charge in [0, 0.05) is 0 Å². The summed E-state index contributed by atoms with van der Waals surface area (Å²) in [5.74, 6) is 0. The van der Waals surface area contributed by atoms with Crippen LogP contribution in [-0.4, -0.2) is 40.2 Å². The van der Waals surface area contributed by atoms with E-state index in [9.17, 15) is 0 Å². The van der Waals surface area contributed by atoms with Crippen molar-refractivity contribution in [2.45, 2.75) is 0 Å². The van der Waals surface area contributed by atoms with E-state index in [4.69, 9.17) is 19.2 Å². The van der Waals surface area contributed by atoms with Crippen LogP contribution < -0.4 is 14.7 Å². The summed E-state index contributed by atoms with van der Waals surface area (Å²) in [6.45, 7) is 0. The normalized spacial score (nSPS) is 7.38. The van der Waals surface area contributed by atoms with Crippen molar-refractivity contribution in [3.8, 4) is 0 Å². The van der Waals surface area contributed by atoms with E-state index in [1.165, 1.54) is 0 Å². The van der Waals surface area contributed by atoms with Gasteiger partial charge in [-0.05, 0) is 0 Å². The van der Waals surface area contributed by atoms with Crippen molar-refractivity contribution in [2.75, 3.05) is 0 Å². The molecule has 0 radical (unpaired) electrons. The third kappa shape index (κ3) is 208. The average Bonchev–Trinajstić information content (AvgIpc) is 0.722. The van der Waals surface area contributed by atoms with Crippen LogP contribution in [0, 0.1) is 0 Å². The Balaban J connectivity index is -0.0000000267. The van der Waals surface area contributed by atoms with Gasteiger partial charge in [0.15, 0.2) is 0 Å². The van der Waals surface area contributed by atoms with Crippen LogP contribution in [0.15, 0.2) is 0 Å². The fraction of sp³-hybridized carbons (Fsp3) is 0. The molecule has 0 heterocycles. The molecule has 0 aliphatic carbocycles. The Morgan fingerprint density at radius 1 is 1.00 bits per heavy atom. The maximum atomic E-state index is 8.55. The van der Waals surface area contributed by atoms with Gasteiger partial charge in [-0.3, -0.25) is 0 Å². The summed E-state index contributed by atoms with van der Waals surface area (Å²) in [4.78, 5) is 25.6. The quantitative estimate of drug-likeness (QED) is 0.270. The largest absolute Gasteiger partial charge is 3.00 e. The van der Waals surface area contributed by atoms with Crippen LogP contribution in [0.1, 0.15) is 0 Å². The molecule has 0 saturated heterocycles. The zero-order chi connectivity index (χ0) is 4.50. The van der Waals surface area contributed by atoms with Gasteiger partial charge in [0.1, 0.15) is 0 Å². The van der Waals surface area contributed by atoms with Crippen LogP contribution in [0.3, 0.4) is 0 Å². The van der Waals surface area contributed by atoms with Crippen molar-refractivity contribution in [1.29, 1.82) is 0 Å². The molecule has 0 spiro atoms. The zero-order valence-electron chi connectivity index (χ0n) is 3.68. The van der Waals surface area contributed by atoms with Crippen LogP contribution >= 0.6 is 7.82 Å². The van der Waals surface area contributed by atoms with E-state index in [1.54, 1.807) is 0 Å². The van der Waals surface area contributed by atoms with Gasteiger partial charge in [-0.15, -0.1) is 0 Å². The molecular formula is HAl2O5P+2. The van der Waals surface area contributed by atoms with Gasteiger partial charge in [0.2, 0.25) is 0 Å². The summed E-state index contributed by atoms with van der Waals surface area (Å²) in [7, 11) is -5.39. The Bertz CT molecular complexity index is 56.6. The van der Waals surface area contributed by atoms with E-state index >= 15 is 0 Å². The summed E-state index contributed by atoms with van der Waals surface area (Å²) in [6.07, 6.45) is 0. The molecule has 0 aromatic rings. The maximum Gasteiger partial charge on any atom is 3.00 e. The van der Waals surface area contributed by atoms with Gasteiger partial charge in [0.05, 0.1) is 0 Å². The number of phosphoric acid groups is 1. The molecule has 1 N–H and O–H groups in total. The first kappa shape index (κ1) is 22.9. The van der Waals surface area contributed by atoms with Crippen molar-refractivity contribution < 1.29 is 24.7 Å². The van der Waals surface area contributed by atoms with Crippen molar-refractivity contribution in [1.82, 2.24) is 0 Å². The standard InChI is InChI=1S/2Al.H3O4P.H2O/c;;1-5(2,3)4;/h;;(H3,1,2,3,4);1H2/q2*+3;;/p-4. The topological polar surface area (TPSA) is 116 Å². The molecular weight excluding hydrogens is 165 g/mol. The molecule has 0 amide bonds. The minimum Gasteiger partial charge on any atom is -0.870 e. The molecule has 0 rings (SSSR count). The monoisotopic (exact) mass is 166 g/mol. The smallest absolute Gasteiger partial charge is 0.870 e. The Hall–Kier alpha value is 1.13. The van der Waals surface area contributed by atoms with E-state index in [1.807, 2.05) is 0 Å². The van der Waals surface area contributed by atoms with Gasteiger partial charge in [0.25, 0.3) is 0 Å². The summed E-state index contributed by atoms with van der Waals surface area (Å²) in [6, 6.07) is 0. The van der Waals surface area contributed by atoms with Crippen molar-refractivity contribution >= 4 is 42.5 Å². The van der Waals surface area contributed by atoms with Crippen LogP contribution in [0.4, 0.5) is 0 Å². The second kappa shape index (κ2) is 8.13. The zero-order valence-corrected chi connectivity index (χ0v) is 6.89. The minimum atomic E-state index is -5.39. The summed E-state index contributed by atoms with van der Waals surface area (Å²) in [5, 5.41) is 0. The van der Waals surface area contributed by atoms with Crippen molar-refractivity contribution in [3.05, 3.63) is 0 Å². The number of hydrogen-bond donors (Lipinski definition) is 0. The second-order valence-corrected chi connectivity index (χ2v) is 1.34. The summed E-state index contributed by atoms with van der Waals surface area (Å²) in [5.41, 5.74) is 0. The Kier molecular flexibility index (Phi) is 23.3. The summed E-state index contributed by atoms with van der Waals surface area (Å²) < 4.78 is 8.55. The predicted molar refractivity (Wildman–Crippen MR) is 21.1 cm³/mol. The van der Waals surface area contributed by atoms with Crippen LogP contribution in [0.25, 0.3) is 0 Å². The first-order valence-electron chi connectivity index (χ1n) is 0.730. The second-order valence-electron chi connectivity index (χ2n) is 0.447. The molecule has 0 aliphatic heterocycles. The van der Waals surface area contributed by atoms with Gasteiger partial charge in [-0.1, -0.05) is 0 Å². The van der Waals surface area contributed by atoms with Crippen LogP contribution in [0.2, 0.25) is 0 Å². The fourth-order valence-corrected chi connectivity index (χ4v) is 0. The molecule has 0 aliphatic rings. The Morgan fingerprint density at radius 2 is 1.00 bits per heavy atom. The van der Waals surface area contributed by atoms with E-state index in [0.717, 1.165) is 0 Å². The minimum absolute atomic E-state index is 0. The van der Waals surface area contributed by atoms with Gasteiger partial charge in [-0.2, -0.15) is 7.82 Å². The number of rotatable bonds is 0. The molecule has 40 valence electrons. The molecule has 0 saturated carbocycles. The maximum absolute atomic E-state index is 8.55. The molecule has 0 aromatic carbocycles.